The Morgan fingerprint density at radius 1 is 0.818 bits per heavy atom. The van der Waals surface area contributed by atoms with Gasteiger partial charge in [0.2, 0.25) is 0 Å². The van der Waals surface area contributed by atoms with E-state index < -0.39 is 0 Å². The van der Waals surface area contributed by atoms with E-state index in [0.29, 0.717) is 6.61 Å². The highest BCUT2D eigenvalue weighted by atomic mass is 17.2. The van der Waals surface area contributed by atoms with Crippen LogP contribution in [0.15, 0.2) is 0 Å². The number of hydrogen-bond acceptors (Lipinski definition) is 5. The summed E-state index contributed by atoms with van der Waals surface area (Å²) in [7, 11) is 0. The summed E-state index contributed by atoms with van der Waals surface area (Å²) >= 11 is 0. The number of ether oxygens (including phenoxy) is 1. The van der Waals surface area contributed by atoms with Gasteiger partial charge >= 0.3 is 0 Å². The Bertz CT molecular complexity index is 260. The average molecular weight is 319 g/mol. The van der Waals surface area contributed by atoms with E-state index in [0.717, 1.165) is 45.8 Å². The molecule has 0 rings (SSSR count). The molecular weight excluding hydrogens is 280 g/mol. The van der Waals surface area contributed by atoms with Gasteiger partial charge < -0.3 is 10.1 Å². The summed E-state index contributed by atoms with van der Waals surface area (Å²) in [5, 5.41) is 3.38. The standard InChI is InChI=1S/C17H38N2O3/c1-8-11-19(13-15-20-16(2,3)4)12-9-18-10-14-21-22-17(5,6)7/h18H,8-15H2,1-7H3. The molecule has 0 spiro atoms. The van der Waals surface area contributed by atoms with Gasteiger partial charge in [0, 0.05) is 26.2 Å². The summed E-state index contributed by atoms with van der Waals surface area (Å²) in [4.78, 5) is 12.8. The fraction of sp³-hybridized carbons (Fsp3) is 1.00. The summed E-state index contributed by atoms with van der Waals surface area (Å²) < 4.78 is 5.80. The van der Waals surface area contributed by atoms with Crippen LogP contribution in [0.2, 0.25) is 0 Å². The largest absolute Gasteiger partial charge is 0.375 e. The zero-order valence-corrected chi connectivity index (χ0v) is 15.8. The van der Waals surface area contributed by atoms with Crippen molar-refractivity contribution in [3.63, 3.8) is 0 Å². The Kier molecular flexibility index (Phi) is 11.3. The van der Waals surface area contributed by atoms with Crippen molar-refractivity contribution in [1.29, 1.82) is 0 Å². The first kappa shape index (κ1) is 21.8. The normalized spacial score (nSPS) is 13.1. The van der Waals surface area contributed by atoms with E-state index in [4.69, 9.17) is 14.5 Å². The minimum atomic E-state index is -0.245. The van der Waals surface area contributed by atoms with E-state index in [1.54, 1.807) is 0 Å². The number of hydrogen-bond donors (Lipinski definition) is 1. The third-order valence-electron chi connectivity index (χ3n) is 2.76. The molecule has 0 atom stereocenters. The molecule has 0 aromatic rings. The SMILES string of the molecule is CCCN(CCNCCOOC(C)(C)C)CCOC(C)(C)C. The Balaban J connectivity index is 3.65. The van der Waals surface area contributed by atoms with Crippen LogP contribution in [0.4, 0.5) is 0 Å². The lowest BCUT2D eigenvalue weighted by Gasteiger charge is -2.25. The van der Waals surface area contributed by atoms with Crippen molar-refractivity contribution in [3.8, 4) is 0 Å². The van der Waals surface area contributed by atoms with Gasteiger partial charge in [-0.25, -0.2) is 9.78 Å². The quantitative estimate of drug-likeness (QED) is 0.340. The van der Waals surface area contributed by atoms with Crippen LogP contribution in [0.25, 0.3) is 0 Å². The van der Waals surface area contributed by atoms with Gasteiger partial charge in [-0.15, -0.1) is 0 Å². The van der Waals surface area contributed by atoms with Gasteiger partial charge in [0.1, 0.15) is 0 Å². The Labute approximate surface area is 137 Å². The van der Waals surface area contributed by atoms with Gasteiger partial charge in [0.05, 0.1) is 24.4 Å². The van der Waals surface area contributed by atoms with Gasteiger partial charge in [0.15, 0.2) is 0 Å². The first-order valence-corrected chi connectivity index (χ1v) is 8.52. The molecule has 0 aromatic heterocycles. The van der Waals surface area contributed by atoms with Crippen LogP contribution in [0.5, 0.6) is 0 Å². The molecule has 1 N–H and O–H groups in total. The van der Waals surface area contributed by atoms with Crippen molar-refractivity contribution in [2.45, 2.75) is 66.1 Å². The molecular formula is C17H38N2O3. The molecule has 0 aliphatic heterocycles. The Hall–Kier alpha value is -0.200. The molecule has 5 nitrogen and oxygen atoms in total. The van der Waals surface area contributed by atoms with E-state index in [2.05, 4.69) is 37.9 Å². The summed E-state index contributed by atoms with van der Waals surface area (Å²) in [6, 6.07) is 0. The second kappa shape index (κ2) is 11.4. The van der Waals surface area contributed by atoms with Gasteiger partial charge in [-0.05, 0) is 54.5 Å². The van der Waals surface area contributed by atoms with Crippen molar-refractivity contribution < 1.29 is 14.5 Å². The summed E-state index contributed by atoms with van der Waals surface area (Å²) in [5.74, 6) is 0. The van der Waals surface area contributed by atoms with Gasteiger partial charge in [-0.1, -0.05) is 6.92 Å². The van der Waals surface area contributed by atoms with Crippen LogP contribution in [0, 0.1) is 0 Å². The smallest absolute Gasteiger partial charge is 0.0952 e. The molecule has 0 aliphatic rings. The predicted molar refractivity (Wildman–Crippen MR) is 92.1 cm³/mol. The second-order valence-corrected chi connectivity index (χ2v) is 7.57. The zero-order valence-electron chi connectivity index (χ0n) is 15.8. The van der Waals surface area contributed by atoms with Gasteiger partial charge in [-0.3, -0.25) is 4.90 Å². The number of rotatable bonds is 12. The highest BCUT2D eigenvalue weighted by Gasteiger charge is 2.12. The molecule has 0 fully saturated rings. The molecule has 0 unspecified atom stereocenters. The van der Waals surface area contributed by atoms with Crippen molar-refractivity contribution in [2.24, 2.45) is 0 Å². The van der Waals surface area contributed by atoms with Gasteiger partial charge in [0.25, 0.3) is 0 Å². The third kappa shape index (κ3) is 16.2. The van der Waals surface area contributed by atoms with E-state index in [1.165, 1.54) is 0 Å². The monoisotopic (exact) mass is 318 g/mol. The highest BCUT2D eigenvalue weighted by molar-refractivity contribution is 4.63. The molecule has 22 heavy (non-hydrogen) atoms. The summed E-state index contributed by atoms with van der Waals surface area (Å²) in [6.07, 6.45) is 1.16. The molecule has 0 heterocycles. The first-order valence-electron chi connectivity index (χ1n) is 8.52. The molecule has 0 saturated heterocycles. The maximum absolute atomic E-state index is 5.80. The number of nitrogens with zero attached hydrogens (tertiary/aromatic N) is 1. The van der Waals surface area contributed by atoms with Crippen LogP contribution < -0.4 is 5.32 Å². The number of nitrogens with one attached hydrogen (secondary N) is 1. The second-order valence-electron chi connectivity index (χ2n) is 7.57. The molecule has 134 valence electrons. The lowest BCUT2D eigenvalue weighted by Crippen LogP contribution is -2.37. The summed E-state index contributed by atoms with van der Waals surface area (Å²) in [6.45, 7) is 20.6. The minimum absolute atomic E-state index is 0.0550. The van der Waals surface area contributed by atoms with Crippen LogP contribution in [0.3, 0.4) is 0 Å². The molecule has 0 aliphatic carbocycles. The van der Waals surface area contributed by atoms with Crippen LogP contribution >= 0.6 is 0 Å². The van der Waals surface area contributed by atoms with Crippen molar-refractivity contribution in [1.82, 2.24) is 10.2 Å². The summed E-state index contributed by atoms with van der Waals surface area (Å²) in [5.41, 5.74) is -0.300. The van der Waals surface area contributed by atoms with E-state index >= 15 is 0 Å². The van der Waals surface area contributed by atoms with Crippen LogP contribution in [0.1, 0.15) is 54.9 Å². The van der Waals surface area contributed by atoms with E-state index in [1.807, 2.05) is 20.8 Å². The Morgan fingerprint density at radius 3 is 2.05 bits per heavy atom. The topological polar surface area (TPSA) is 43.0 Å². The molecule has 0 bridgehead atoms. The van der Waals surface area contributed by atoms with Crippen LogP contribution in [-0.2, 0) is 14.5 Å². The molecule has 0 saturated carbocycles. The van der Waals surface area contributed by atoms with E-state index in [-0.39, 0.29) is 11.2 Å². The lowest BCUT2D eigenvalue weighted by molar-refractivity contribution is -0.347. The zero-order chi connectivity index (χ0) is 17.1. The fourth-order valence-electron chi connectivity index (χ4n) is 1.83. The maximum Gasteiger partial charge on any atom is 0.0952 e. The highest BCUT2D eigenvalue weighted by Crippen LogP contribution is 2.07. The van der Waals surface area contributed by atoms with Crippen molar-refractivity contribution >= 4 is 0 Å². The van der Waals surface area contributed by atoms with Crippen molar-refractivity contribution in [3.05, 3.63) is 0 Å². The van der Waals surface area contributed by atoms with Crippen LogP contribution in [-0.4, -0.2) is 62.0 Å². The minimum Gasteiger partial charge on any atom is -0.375 e. The predicted octanol–water partition coefficient (Wildman–Crippen LogP) is 2.85. The Morgan fingerprint density at radius 2 is 1.50 bits per heavy atom. The lowest BCUT2D eigenvalue weighted by atomic mass is 10.2. The third-order valence-corrected chi connectivity index (χ3v) is 2.76. The molecule has 0 radical (unpaired) electrons. The average Bonchev–Trinajstić information content (AvgIpc) is 2.34. The fourth-order valence-corrected chi connectivity index (χ4v) is 1.83. The first-order chi connectivity index (χ1) is 10.1. The molecule has 5 heteroatoms. The van der Waals surface area contributed by atoms with E-state index in [9.17, 15) is 0 Å². The maximum atomic E-state index is 5.80. The van der Waals surface area contributed by atoms with Gasteiger partial charge in [-0.2, -0.15) is 0 Å². The molecule has 0 aromatic carbocycles. The molecule has 0 amide bonds. The van der Waals surface area contributed by atoms with Crippen molar-refractivity contribution in [2.75, 3.05) is 45.9 Å².